The zero-order valence-corrected chi connectivity index (χ0v) is 16.9. The second-order valence-electron chi connectivity index (χ2n) is 6.63. The average molecular weight is 448 g/mol. The number of nitrogens with one attached hydrogen (secondary N) is 2. The number of nitrogens with zero attached hydrogens (tertiary/aromatic N) is 4. The molecular weight excluding hydrogens is 419 g/mol. The molecule has 136 valence electrons. The molecule has 24 heavy (non-hydrogen) atoms. The minimum absolute atomic E-state index is 0. The van der Waals surface area contributed by atoms with Crippen molar-refractivity contribution in [1.29, 1.82) is 0 Å². The van der Waals surface area contributed by atoms with E-state index in [1.165, 1.54) is 0 Å². The van der Waals surface area contributed by atoms with Gasteiger partial charge in [0, 0.05) is 25.4 Å². The minimum atomic E-state index is -0.579. The van der Waals surface area contributed by atoms with Crippen molar-refractivity contribution < 1.29 is 5.11 Å². The van der Waals surface area contributed by atoms with Gasteiger partial charge < -0.3 is 15.7 Å². The molecule has 0 bridgehead atoms. The monoisotopic (exact) mass is 448 g/mol. The van der Waals surface area contributed by atoms with Crippen molar-refractivity contribution >= 4 is 29.9 Å². The van der Waals surface area contributed by atoms with Crippen LogP contribution in [0.5, 0.6) is 0 Å². The number of halogens is 1. The molecule has 1 atom stereocenters. The molecular formula is C16H29IN6O. The fourth-order valence-electron chi connectivity index (χ4n) is 3.11. The number of aliphatic imine (C=N–C) groups is 1. The van der Waals surface area contributed by atoms with Crippen molar-refractivity contribution in [3.63, 3.8) is 0 Å². The average Bonchev–Trinajstić information content (AvgIpc) is 2.93. The fraction of sp³-hybridized carbons (Fsp3) is 0.812. The van der Waals surface area contributed by atoms with E-state index in [1.54, 1.807) is 0 Å². The standard InChI is InChI=1S/C16H28N6O.HI/c1-3-13-20-14-7-6-12(10-22(14)21-13)19-15(17-4-2)18-11-16(23)8-5-9-16;/h12,23H,3-11H2,1-2H3,(H2,17,18,19);1H. The van der Waals surface area contributed by atoms with Crippen LogP contribution in [0.2, 0.25) is 0 Å². The van der Waals surface area contributed by atoms with E-state index in [4.69, 9.17) is 0 Å². The molecule has 3 rings (SSSR count). The van der Waals surface area contributed by atoms with Gasteiger partial charge >= 0.3 is 0 Å². The molecule has 1 aliphatic heterocycles. The lowest BCUT2D eigenvalue weighted by atomic mass is 9.80. The van der Waals surface area contributed by atoms with E-state index in [9.17, 15) is 5.11 Å². The maximum atomic E-state index is 10.2. The first-order valence-electron chi connectivity index (χ1n) is 8.81. The third-order valence-corrected chi connectivity index (χ3v) is 4.72. The Morgan fingerprint density at radius 1 is 1.42 bits per heavy atom. The summed E-state index contributed by atoms with van der Waals surface area (Å²) < 4.78 is 2.02. The van der Waals surface area contributed by atoms with Crippen LogP contribution in [0, 0.1) is 0 Å². The summed E-state index contributed by atoms with van der Waals surface area (Å²) in [6.07, 6.45) is 5.67. The summed E-state index contributed by atoms with van der Waals surface area (Å²) in [6, 6.07) is 0.294. The van der Waals surface area contributed by atoms with Crippen LogP contribution in [-0.4, -0.2) is 50.6 Å². The van der Waals surface area contributed by atoms with Crippen molar-refractivity contribution in [2.75, 3.05) is 13.1 Å². The maximum absolute atomic E-state index is 10.2. The van der Waals surface area contributed by atoms with Crippen LogP contribution in [0.15, 0.2) is 4.99 Å². The molecule has 2 aliphatic rings. The first-order chi connectivity index (χ1) is 11.1. The van der Waals surface area contributed by atoms with Gasteiger partial charge in [-0.3, -0.25) is 4.99 Å². The summed E-state index contributed by atoms with van der Waals surface area (Å²) in [7, 11) is 0. The maximum Gasteiger partial charge on any atom is 0.191 e. The highest BCUT2D eigenvalue weighted by Gasteiger charge is 2.34. The lowest BCUT2D eigenvalue weighted by Gasteiger charge is -2.35. The van der Waals surface area contributed by atoms with Gasteiger partial charge in [0.2, 0.25) is 0 Å². The number of fused-ring (bicyclic) bond motifs is 1. The molecule has 7 nitrogen and oxygen atoms in total. The van der Waals surface area contributed by atoms with Gasteiger partial charge in [0.1, 0.15) is 5.82 Å². The molecule has 8 heteroatoms. The Balaban J connectivity index is 0.00000208. The molecule has 0 radical (unpaired) electrons. The Hall–Kier alpha value is -0.900. The number of aryl methyl sites for hydroxylation is 2. The predicted octanol–water partition coefficient (Wildman–Crippen LogP) is 1.24. The SMILES string of the molecule is CCNC(=NCC1(O)CCC1)NC1CCc2nc(CC)nn2C1.I. The lowest BCUT2D eigenvalue weighted by molar-refractivity contribution is -0.0236. The van der Waals surface area contributed by atoms with Gasteiger partial charge in [0.05, 0.1) is 18.7 Å². The highest BCUT2D eigenvalue weighted by molar-refractivity contribution is 14.0. The number of guanidine groups is 1. The van der Waals surface area contributed by atoms with E-state index in [0.717, 1.165) is 69.2 Å². The zero-order chi connectivity index (χ0) is 16.3. The third-order valence-electron chi connectivity index (χ3n) is 4.72. The molecule has 1 aromatic rings. The highest BCUT2D eigenvalue weighted by Crippen LogP contribution is 2.31. The molecule has 0 spiro atoms. The zero-order valence-electron chi connectivity index (χ0n) is 14.6. The number of aliphatic hydroxyl groups is 1. The predicted molar refractivity (Wildman–Crippen MR) is 105 cm³/mol. The Bertz CT molecular complexity index is 569. The Morgan fingerprint density at radius 2 is 2.21 bits per heavy atom. The van der Waals surface area contributed by atoms with Crippen LogP contribution in [0.25, 0.3) is 0 Å². The summed E-state index contributed by atoms with van der Waals surface area (Å²) in [5, 5.41) is 21.5. The summed E-state index contributed by atoms with van der Waals surface area (Å²) in [5.41, 5.74) is -0.579. The molecule has 2 heterocycles. The number of aromatic nitrogens is 3. The Labute approximate surface area is 160 Å². The quantitative estimate of drug-likeness (QED) is 0.359. The normalized spacial score (nSPS) is 22.1. The summed E-state index contributed by atoms with van der Waals surface area (Å²) in [5.74, 6) is 2.80. The largest absolute Gasteiger partial charge is 0.388 e. The fourth-order valence-corrected chi connectivity index (χ4v) is 3.11. The van der Waals surface area contributed by atoms with E-state index >= 15 is 0 Å². The lowest BCUT2D eigenvalue weighted by Crippen LogP contribution is -2.48. The minimum Gasteiger partial charge on any atom is -0.388 e. The van der Waals surface area contributed by atoms with Gasteiger partial charge in [-0.1, -0.05) is 6.92 Å². The smallest absolute Gasteiger partial charge is 0.191 e. The third kappa shape index (κ3) is 4.59. The van der Waals surface area contributed by atoms with E-state index in [0.29, 0.717) is 12.6 Å². The van der Waals surface area contributed by atoms with Crippen LogP contribution in [-0.2, 0) is 19.4 Å². The summed E-state index contributed by atoms with van der Waals surface area (Å²) in [4.78, 5) is 9.13. The van der Waals surface area contributed by atoms with Gasteiger partial charge in [-0.2, -0.15) is 5.10 Å². The van der Waals surface area contributed by atoms with E-state index in [-0.39, 0.29) is 24.0 Å². The number of rotatable bonds is 5. The Kier molecular flexibility index (Phi) is 6.85. The van der Waals surface area contributed by atoms with Crippen LogP contribution >= 0.6 is 24.0 Å². The highest BCUT2D eigenvalue weighted by atomic mass is 127. The van der Waals surface area contributed by atoms with E-state index in [2.05, 4.69) is 39.6 Å². The number of hydrogen-bond donors (Lipinski definition) is 3. The van der Waals surface area contributed by atoms with Gasteiger partial charge in [0.25, 0.3) is 0 Å². The molecule has 1 unspecified atom stereocenters. The van der Waals surface area contributed by atoms with Crippen molar-refractivity contribution in [2.45, 2.75) is 70.6 Å². The van der Waals surface area contributed by atoms with Crippen molar-refractivity contribution in [1.82, 2.24) is 25.4 Å². The molecule has 1 saturated carbocycles. The van der Waals surface area contributed by atoms with Crippen LogP contribution in [0.3, 0.4) is 0 Å². The van der Waals surface area contributed by atoms with Gasteiger partial charge in [-0.15, -0.1) is 24.0 Å². The van der Waals surface area contributed by atoms with Crippen LogP contribution in [0.1, 0.15) is 51.2 Å². The molecule has 0 aromatic carbocycles. The first kappa shape index (κ1) is 19.4. The molecule has 3 N–H and O–H groups in total. The van der Waals surface area contributed by atoms with E-state index in [1.807, 2.05) is 4.68 Å². The second-order valence-corrected chi connectivity index (χ2v) is 6.63. The second kappa shape index (κ2) is 8.46. The topological polar surface area (TPSA) is 87.4 Å². The van der Waals surface area contributed by atoms with Crippen LogP contribution < -0.4 is 10.6 Å². The summed E-state index contributed by atoms with van der Waals surface area (Å²) >= 11 is 0. The van der Waals surface area contributed by atoms with Gasteiger partial charge in [0.15, 0.2) is 11.8 Å². The Morgan fingerprint density at radius 3 is 2.83 bits per heavy atom. The van der Waals surface area contributed by atoms with Gasteiger partial charge in [-0.25, -0.2) is 9.67 Å². The van der Waals surface area contributed by atoms with E-state index < -0.39 is 5.60 Å². The molecule has 1 fully saturated rings. The molecule has 0 saturated heterocycles. The van der Waals surface area contributed by atoms with Crippen molar-refractivity contribution in [3.05, 3.63) is 11.6 Å². The molecule has 1 aromatic heterocycles. The van der Waals surface area contributed by atoms with Crippen molar-refractivity contribution in [3.8, 4) is 0 Å². The van der Waals surface area contributed by atoms with Crippen LogP contribution in [0.4, 0.5) is 0 Å². The van der Waals surface area contributed by atoms with Gasteiger partial charge in [-0.05, 0) is 32.6 Å². The summed E-state index contributed by atoms with van der Waals surface area (Å²) in [6.45, 7) is 6.24. The number of hydrogen-bond acceptors (Lipinski definition) is 4. The molecule has 0 amide bonds. The van der Waals surface area contributed by atoms with Crippen molar-refractivity contribution in [2.24, 2.45) is 4.99 Å². The first-order valence-corrected chi connectivity index (χ1v) is 8.81. The molecule has 1 aliphatic carbocycles.